The van der Waals surface area contributed by atoms with E-state index in [4.69, 9.17) is 21.9 Å². The van der Waals surface area contributed by atoms with Crippen molar-refractivity contribution in [2.75, 3.05) is 24.6 Å². The predicted octanol–water partition coefficient (Wildman–Crippen LogP) is 4.11. The Morgan fingerprint density at radius 2 is 2.11 bits per heavy atom. The number of carbonyl (C=O) groups excluding carboxylic acids is 1. The second-order valence-electron chi connectivity index (χ2n) is 6.59. The topological polar surface area (TPSA) is 54.5 Å². The van der Waals surface area contributed by atoms with Crippen molar-refractivity contribution in [1.82, 2.24) is 10.3 Å². The number of benzene rings is 1. The van der Waals surface area contributed by atoms with E-state index in [1.54, 1.807) is 0 Å². The van der Waals surface area contributed by atoms with Crippen LogP contribution in [0.4, 0.5) is 5.82 Å². The molecule has 0 spiro atoms. The lowest BCUT2D eigenvalue weighted by atomic mass is 10.1. The van der Waals surface area contributed by atoms with E-state index < -0.39 is 0 Å². The molecule has 1 aromatic carbocycles. The maximum Gasteiger partial charge on any atom is 0.263 e. The lowest BCUT2D eigenvalue weighted by molar-refractivity contribution is -0.115. The molecule has 2 aliphatic rings. The summed E-state index contributed by atoms with van der Waals surface area (Å²) in [5.41, 5.74) is 1.88. The Balaban J connectivity index is 1.82. The molecule has 140 valence electrons. The maximum absolute atomic E-state index is 12.1. The summed E-state index contributed by atoms with van der Waals surface area (Å²) in [6.07, 6.45) is 5.49. The monoisotopic (exact) mass is 399 g/mol. The minimum Gasteiger partial charge on any atom is -0.494 e. The minimum atomic E-state index is -0.141. The first-order chi connectivity index (χ1) is 13.1. The molecule has 1 amide bonds. The molecule has 1 N–H and O–H groups in total. The van der Waals surface area contributed by atoms with E-state index in [0.29, 0.717) is 15.8 Å². The number of aromatic nitrogens is 1. The van der Waals surface area contributed by atoms with Gasteiger partial charge in [-0.15, -0.1) is 0 Å². The highest BCUT2D eigenvalue weighted by Crippen LogP contribution is 2.33. The molecule has 4 rings (SSSR count). The second-order valence-corrected chi connectivity index (χ2v) is 8.31. The summed E-state index contributed by atoms with van der Waals surface area (Å²) in [6.45, 7) is 4.57. The second kappa shape index (κ2) is 7.86. The fourth-order valence-electron chi connectivity index (χ4n) is 3.44. The molecule has 0 aliphatic carbocycles. The van der Waals surface area contributed by atoms with Crippen molar-refractivity contribution >= 4 is 57.0 Å². The number of hydrogen-bond donors (Lipinski definition) is 1. The van der Waals surface area contributed by atoms with Gasteiger partial charge in [-0.1, -0.05) is 24.0 Å². The summed E-state index contributed by atoms with van der Waals surface area (Å²) in [4.78, 5) is 20.0. The Labute approximate surface area is 168 Å². The summed E-state index contributed by atoms with van der Waals surface area (Å²) < 4.78 is 6.12. The smallest absolute Gasteiger partial charge is 0.263 e. The third kappa shape index (κ3) is 3.94. The zero-order chi connectivity index (χ0) is 18.8. The molecule has 0 saturated carbocycles. The number of carbonyl (C=O) groups is 1. The van der Waals surface area contributed by atoms with E-state index in [-0.39, 0.29) is 5.91 Å². The van der Waals surface area contributed by atoms with Crippen LogP contribution >= 0.6 is 24.0 Å². The number of nitrogens with zero attached hydrogens (tertiary/aromatic N) is 2. The highest BCUT2D eigenvalue weighted by molar-refractivity contribution is 8.26. The fraction of sp³-hybridized carbons (Fsp3) is 0.350. The molecular formula is C20H21N3O2S2. The number of anilines is 1. The molecule has 3 heterocycles. The van der Waals surface area contributed by atoms with Gasteiger partial charge >= 0.3 is 0 Å². The molecule has 7 heteroatoms. The average Bonchev–Trinajstić information content (AvgIpc) is 2.99. The van der Waals surface area contributed by atoms with E-state index in [9.17, 15) is 4.79 Å². The van der Waals surface area contributed by atoms with Gasteiger partial charge in [-0.2, -0.15) is 0 Å². The molecular weight excluding hydrogens is 378 g/mol. The van der Waals surface area contributed by atoms with Crippen LogP contribution in [0.15, 0.2) is 29.2 Å². The van der Waals surface area contributed by atoms with Crippen molar-refractivity contribution in [2.24, 2.45) is 0 Å². The van der Waals surface area contributed by atoms with Crippen molar-refractivity contribution in [3.8, 4) is 5.75 Å². The zero-order valence-corrected chi connectivity index (χ0v) is 16.8. The highest BCUT2D eigenvalue weighted by Gasteiger charge is 2.24. The van der Waals surface area contributed by atoms with Crippen LogP contribution in [0, 0.1) is 0 Å². The van der Waals surface area contributed by atoms with Crippen molar-refractivity contribution in [2.45, 2.75) is 26.2 Å². The van der Waals surface area contributed by atoms with Gasteiger partial charge in [0.05, 0.1) is 17.0 Å². The number of rotatable bonds is 4. The summed E-state index contributed by atoms with van der Waals surface area (Å²) in [5.74, 6) is 1.62. The SMILES string of the molecule is CCOc1ccc2nc(N3CCCCC3)c(C=C3SC(=S)NC3=O)cc2c1. The van der Waals surface area contributed by atoms with Crippen LogP contribution in [0.5, 0.6) is 5.75 Å². The lowest BCUT2D eigenvalue weighted by Crippen LogP contribution is -2.30. The molecule has 27 heavy (non-hydrogen) atoms. The van der Waals surface area contributed by atoms with Gasteiger partial charge in [-0.05, 0) is 56.5 Å². The Morgan fingerprint density at radius 1 is 1.30 bits per heavy atom. The molecule has 0 radical (unpaired) electrons. The Morgan fingerprint density at radius 3 is 2.81 bits per heavy atom. The van der Waals surface area contributed by atoms with Crippen LogP contribution in [0.1, 0.15) is 31.7 Å². The number of piperidine rings is 1. The third-order valence-electron chi connectivity index (χ3n) is 4.69. The largest absolute Gasteiger partial charge is 0.494 e. The first-order valence-electron chi connectivity index (χ1n) is 9.21. The van der Waals surface area contributed by atoms with Gasteiger partial charge in [0.25, 0.3) is 5.91 Å². The van der Waals surface area contributed by atoms with Gasteiger partial charge in [-0.25, -0.2) is 4.98 Å². The molecule has 2 fully saturated rings. The van der Waals surface area contributed by atoms with Gasteiger partial charge in [0.15, 0.2) is 0 Å². The van der Waals surface area contributed by atoms with Crippen molar-refractivity contribution in [1.29, 1.82) is 0 Å². The number of amides is 1. The first kappa shape index (κ1) is 18.3. The van der Waals surface area contributed by atoms with Crippen LogP contribution in [0.2, 0.25) is 0 Å². The van der Waals surface area contributed by atoms with E-state index in [0.717, 1.165) is 41.1 Å². The molecule has 2 aromatic rings. The minimum absolute atomic E-state index is 0.141. The van der Waals surface area contributed by atoms with Gasteiger partial charge in [0, 0.05) is 24.0 Å². The number of nitrogens with one attached hydrogen (secondary N) is 1. The molecule has 2 saturated heterocycles. The van der Waals surface area contributed by atoms with Gasteiger partial charge in [0.2, 0.25) is 0 Å². The molecule has 0 unspecified atom stereocenters. The Hall–Kier alpha value is -2.12. The van der Waals surface area contributed by atoms with Crippen molar-refractivity contribution in [3.05, 3.63) is 34.7 Å². The van der Waals surface area contributed by atoms with Crippen molar-refractivity contribution < 1.29 is 9.53 Å². The summed E-state index contributed by atoms with van der Waals surface area (Å²) in [5, 5.41) is 3.68. The van der Waals surface area contributed by atoms with E-state index >= 15 is 0 Å². The normalized spacial score (nSPS) is 19.0. The van der Waals surface area contributed by atoms with Crippen LogP contribution in [0.3, 0.4) is 0 Å². The van der Waals surface area contributed by atoms with Gasteiger partial charge in [0.1, 0.15) is 15.9 Å². The lowest BCUT2D eigenvalue weighted by Gasteiger charge is -2.29. The van der Waals surface area contributed by atoms with Crippen LogP contribution in [0.25, 0.3) is 17.0 Å². The summed E-state index contributed by atoms with van der Waals surface area (Å²) in [7, 11) is 0. The standard InChI is InChI=1S/C20H21N3O2S2/c1-2-25-15-6-7-16-13(11-15)10-14(12-17-19(24)22-20(26)27-17)18(21-16)23-8-4-3-5-9-23/h6-7,10-12H,2-5,8-9H2,1H3,(H,22,24,26). The maximum atomic E-state index is 12.1. The predicted molar refractivity (Wildman–Crippen MR) is 115 cm³/mol. The Kier molecular flexibility index (Phi) is 5.31. The molecule has 5 nitrogen and oxygen atoms in total. The number of hydrogen-bond acceptors (Lipinski definition) is 6. The summed E-state index contributed by atoms with van der Waals surface area (Å²) in [6, 6.07) is 8.05. The van der Waals surface area contributed by atoms with Crippen molar-refractivity contribution in [3.63, 3.8) is 0 Å². The quantitative estimate of drug-likeness (QED) is 0.617. The average molecular weight is 400 g/mol. The number of fused-ring (bicyclic) bond motifs is 1. The molecule has 0 bridgehead atoms. The highest BCUT2D eigenvalue weighted by atomic mass is 32.2. The van der Waals surface area contributed by atoms with Gasteiger partial charge in [-0.3, -0.25) is 4.79 Å². The van der Waals surface area contributed by atoms with E-state index in [1.165, 1.54) is 31.0 Å². The third-order valence-corrected chi connectivity index (χ3v) is 5.85. The fourth-order valence-corrected chi connectivity index (χ4v) is 4.48. The molecule has 0 atom stereocenters. The number of pyridine rings is 1. The van der Waals surface area contributed by atoms with Crippen LogP contribution < -0.4 is 15.0 Å². The molecule has 1 aromatic heterocycles. The van der Waals surface area contributed by atoms with Crippen LogP contribution in [-0.2, 0) is 4.79 Å². The van der Waals surface area contributed by atoms with Gasteiger partial charge < -0.3 is 15.0 Å². The van der Waals surface area contributed by atoms with E-state index in [1.807, 2.05) is 31.2 Å². The molecule has 2 aliphatic heterocycles. The van der Waals surface area contributed by atoms with E-state index in [2.05, 4.69) is 16.3 Å². The summed E-state index contributed by atoms with van der Waals surface area (Å²) >= 11 is 6.42. The zero-order valence-electron chi connectivity index (χ0n) is 15.2. The number of ether oxygens (including phenoxy) is 1. The number of thioether (sulfide) groups is 1. The van der Waals surface area contributed by atoms with Crippen LogP contribution in [-0.4, -0.2) is 34.9 Å². The number of thiocarbonyl (C=S) groups is 1. The first-order valence-corrected chi connectivity index (χ1v) is 10.4. The Bertz CT molecular complexity index is 936.